The van der Waals surface area contributed by atoms with Crippen molar-refractivity contribution in [3.05, 3.63) is 11.1 Å². The minimum atomic E-state index is 0.317. The van der Waals surface area contributed by atoms with Gasteiger partial charge in [-0.25, -0.2) is 0 Å². The van der Waals surface area contributed by atoms with E-state index >= 15 is 0 Å². The van der Waals surface area contributed by atoms with Gasteiger partial charge in [-0.05, 0) is 46.8 Å². The average Bonchev–Trinajstić information content (AvgIpc) is 2.33. The average molecular weight is 353 g/mol. The summed E-state index contributed by atoms with van der Waals surface area (Å²) in [7, 11) is 0. The van der Waals surface area contributed by atoms with Gasteiger partial charge in [0.1, 0.15) is 0 Å². The summed E-state index contributed by atoms with van der Waals surface area (Å²) in [6, 6.07) is 0. The molecule has 152 valence electrons. The molecule has 0 N–H and O–H groups in total. The van der Waals surface area contributed by atoms with Crippen LogP contribution in [-0.2, 0) is 0 Å². The lowest BCUT2D eigenvalue weighted by atomic mass is 9.52. The molecular weight excluding hydrogens is 300 g/mol. The highest BCUT2D eigenvalue weighted by atomic mass is 14.5. The van der Waals surface area contributed by atoms with Gasteiger partial charge in [0.05, 0.1) is 0 Å². The smallest absolute Gasteiger partial charge is 0.0173 e. The second-order valence-corrected chi connectivity index (χ2v) is 12.5. The van der Waals surface area contributed by atoms with Crippen LogP contribution in [0, 0.1) is 33.0 Å². The summed E-state index contributed by atoms with van der Waals surface area (Å²) in [4.78, 5) is 0. The molecule has 0 rings (SSSR count). The molecule has 0 atom stereocenters. The zero-order chi connectivity index (χ0) is 21.2. The minimum absolute atomic E-state index is 0.317. The summed E-state index contributed by atoms with van der Waals surface area (Å²) in [6.07, 6.45) is 0. The van der Waals surface area contributed by atoms with Crippen molar-refractivity contribution in [2.24, 2.45) is 33.0 Å². The third-order valence-electron chi connectivity index (χ3n) is 7.74. The van der Waals surface area contributed by atoms with E-state index in [0.29, 0.717) is 27.1 Å². The van der Waals surface area contributed by atoms with E-state index in [4.69, 9.17) is 0 Å². The Bertz CT molecular complexity index is 412. The topological polar surface area (TPSA) is 0 Å². The monoisotopic (exact) mass is 352 g/mol. The minimum Gasteiger partial charge on any atom is -0.0685 e. The molecular formula is C25H52. The molecule has 0 aromatic rings. The van der Waals surface area contributed by atoms with E-state index in [-0.39, 0.29) is 0 Å². The molecule has 25 heavy (non-hydrogen) atoms. The van der Waals surface area contributed by atoms with E-state index in [0.717, 1.165) is 5.92 Å². The lowest BCUT2D eigenvalue weighted by molar-refractivity contribution is -0.0388. The molecule has 0 heterocycles. The number of hydrogen-bond acceptors (Lipinski definition) is 0. The zero-order valence-electron chi connectivity index (χ0n) is 21.1. The van der Waals surface area contributed by atoms with Gasteiger partial charge in [-0.2, -0.15) is 0 Å². The zero-order valence-corrected chi connectivity index (χ0v) is 21.1. The van der Waals surface area contributed by atoms with Gasteiger partial charge in [0.2, 0.25) is 0 Å². The predicted molar refractivity (Wildman–Crippen MR) is 119 cm³/mol. The number of rotatable bonds is 2. The highest BCUT2D eigenvalue weighted by Gasteiger charge is 2.46. The first-order valence-corrected chi connectivity index (χ1v) is 10.2. The van der Waals surface area contributed by atoms with Crippen LogP contribution in [0.25, 0.3) is 0 Å². The Morgan fingerprint density at radius 3 is 0.840 bits per heavy atom. The van der Waals surface area contributed by atoms with Crippen molar-refractivity contribution in [3.8, 4) is 0 Å². The molecule has 0 aliphatic carbocycles. The van der Waals surface area contributed by atoms with Gasteiger partial charge in [0.25, 0.3) is 0 Å². The SMILES string of the molecule is C/C(=C(/C)C(C)(C)C)C(C)(C)C.CC(C)C(C)(C)C(C)(C)C(C)(C)C. The maximum atomic E-state index is 2.40. The Labute approximate surface area is 162 Å². The lowest BCUT2D eigenvalue weighted by Crippen LogP contribution is -2.45. The van der Waals surface area contributed by atoms with Crippen molar-refractivity contribution < 1.29 is 0 Å². The largest absolute Gasteiger partial charge is 0.0685 e. The molecule has 0 nitrogen and oxygen atoms in total. The van der Waals surface area contributed by atoms with Gasteiger partial charge >= 0.3 is 0 Å². The molecule has 0 saturated carbocycles. The molecule has 0 aromatic heterocycles. The first kappa shape index (κ1) is 27.0. The van der Waals surface area contributed by atoms with Crippen molar-refractivity contribution in [1.82, 2.24) is 0 Å². The summed E-state index contributed by atoms with van der Waals surface area (Å²) < 4.78 is 0. The van der Waals surface area contributed by atoms with Crippen molar-refractivity contribution in [2.45, 2.75) is 118 Å². The Kier molecular flexibility index (Phi) is 8.82. The molecule has 0 bridgehead atoms. The first-order valence-electron chi connectivity index (χ1n) is 10.2. The lowest BCUT2D eigenvalue weighted by Gasteiger charge is -2.53. The fraction of sp³-hybridized carbons (Fsp3) is 0.920. The maximum Gasteiger partial charge on any atom is -0.0173 e. The van der Waals surface area contributed by atoms with Crippen molar-refractivity contribution in [3.63, 3.8) is 0 Å². The van der Waals surface area contributed by atoms with Crippen LogP contribution in [0.4, 0.5) is 0 Å². The Morgan fingerprint density at radius 1 is 0.520 bits per heavy atom. The van der Waals surface area contributed by atoms with E-state index in [1.807, 2.05) is 0 Å². The summed E-state index contributed by atoms with van der Waals surface area (Å²) in [5, 5.41) is 0. The molecule has 0 fully saturated rings. The van der Waals surface area contributed by atoms with Crippen molar-refractivity contribution in [2.75, 3.05) is 0 Å². The first-order chi connectivity index (χ1) is 10.5. The van der Waals surface area contributed by atoms with Crippen molar-refractivity contribution >= 4 is 0 Å². The van der Waals surface area contributed by atoms with E-state index in [1.165, 1.54) is 11.1 Å². The van der Waals surface area contributed by atoms with Gasteiger partial charge < -0.3 is 0 Å². The van der Waals surface area contributed by atoms with Gasteiger partial charge in [-0.1, -0.05) is 115 Å². The highest BCUT2D eigenvalue weighted by Crippen LogP contribution is 2.54. The third-order valence-corrected chi connectivity index (χ3v) is 7.74. The molecule has 0 spiro atoms. The van der Waals surface area contributed by atoms with Crippen LogP contribution in [0.15, 0.2) is 11.1 Å². The molecule has 0 aromatic carbocycles. The van der Waals surface area contributed by atoms with Crippen molar-refractivity contribution in [1.29, 1.82) is 0 Å². The summed E-state index contributed by atoms with van der Waals surface area (Å²) in [6.45, 7) is 39.4. The number of allylic oxidation sites excluding steroid dienone is 2. The summed E-state index contributed by atoms with van der Waals surface area (Å²) >= 11 is 0. The highest BCUT2D eigenvalue weighted by molar-refractivity contribution is 5.20. The summed E-state index contributed by atoms with van der Waals surface area (Å²) in [5.74, 6) is 0.724. The quantitative estimate of drug-likeness (QED) is 0.434. The van der Waals surface area contributed by atoms with Gasteiger partial charge in [-0.15, -0.1) is 0 Å². The van der Waals surface area contributed by atoms with Gasteiger partial charge in [0, 0.05) is 0 Å². The van der Waals surface area contributed by atoms with Crippen LogP contribution in [-0.4, -0.2) is 0 Å². The van der Waals surface area contributed by atoms with E-state index < -0.39 is 0 Å². The molecule has 0 heteroatoms. The summed E-state index contributed by atoms with van der Waals surface area (Å²) in [5.41, 5.74) is 4.78. The normalized spacial score (nSPS) is 15.6. The standard InChI is InChI=1S/C13H28.C12H24/c1-10(2)12(6,7)13(8,9)11(3,4)5;1-9(11(3,4)5)10(2)12(6,7)8/h10H,1-9H3;1-8H3/b;10-9+. The Hall–Kier alpha value is -0.260. The van der Waals surface area contributed by atoms with Gasteiger partial charge in [-0.3, -0.25) is 0 Å². The van der Waals surface area contributed by atoms with Gasteiger partial charge in [0.15, 0.2) is 0 Å². The van der Waals surface area contributed by atoms with E-state index in [1.54, 1.807) is 0 Å². The van der Waals surface area contributed by atoms with Crippen LogP contribution in [0.3, 0.4) is 0 Å². The van der Waals surface area contributed by atoms with E-state index in [2.05, 4.69) is 118 Å². The molecule has 0 aliphatic heterocycles. The fourth-order valence-electron chi connectivity index (χ4n) is 2.81. The predicted octanol–water partition coefficient (Wildman–Crippen LogP) is 9.16. The second kappa shape index (κ2) is 8.18. The molecule has 0 radical (unpaired) electrons. The van der Waals surface area contributed by atoms with Crippen LogP contribution < -0.4 is 0 Å². The fourth-order valence-corrected chi connectivity index (χ4v) is 2.81. The molecule has 0 unspecified atom stereocenters. The number of hydrogen-bond donors (Lipinski definition) is 0. The molecule has 0 saturated heterocycles. The third kappa shape index (κ3) is 7.10. The van der Waals surface area contributed by atoms with Crippen LogP contribution in [0.2, 0.25) is 0 Å². The maximum absolute atomic E-state index is 2.40. The molecule has 0 aliphatic rings. The van der Waals surface area contributed by atoms with Crippen LogP contribution in [0.1, 0.15) is 118 Å². The van der Waals surface area contributed by atoms with E-state index in [9.17, 15) is 0 Å². The Balaban J connectivity index is 0. The Morgan fingerprint density at radius 2 is 0.760 bits per heavy atom. The second-order valence-electron chi connectivity index (χ2n) is 12.5. The van der Waals surface area contributed by atoms with Crippen LogP contribution in [0.5, 0.6) is 0 Å². The van der Waals surface area contributed by atoms with Crippen LogP contribution >= 0.6 is 0 Å². The molecule has 0 amide bonds.